The van der Waals surface area contributed by atoms with E-state index in [4.69, 9.17) is 4.74 Å². The van der Waals surface area contributed by atoms with Gasteiger partial charge in [0, 0.05) is 13.1 Å². The average molecular weight is 399 g/mol. The molecule has 27 heavy (non-hydrogen) atoms. The highest BCUT2D eigenvalue weighted by Gasteiger charge is 2.49. The molecule has 1 aromatic carbocycles. The Morgan fingerprint density at radius 2 is 1.85 bits per heavy atom. The van der Waals surface area contributed by atoms with E-state index in [1.807, 2.05) is 0 Å². The minimum absolute atomic E-state index is 0. The maximum Gasteiger partial charge on any atom is 0.325 e. The summed E-state index contributed by atoms with van der Waals surface area (Å²) in [5, 5.41) is 8.54. The van der Waals surface area contributed by atoms with Crippen molar-refractivity contribution in [3.05, 3.63) is 29.8 Å². The Bertz CT molecular complexity index is 668. The monoisotopic (exact) mass is 398 g/mol. The van der Waals surface area contributed by atoms with E-state index in [9.17, 15) is 14.4 Å². The van der Waals surface area contributed by atoms with Crippen LogP contribution < -0.4 is 20.7 Å². The van der Waals surface area contributed by atoms with Crippen LogP contribution in [0.3, 0.4) is 0 Å². The van der Waals surface area contributed by atoms with Crippen molar-refractivity contribution in [1.29, 1.82) is 0 Å². The highest BCUT2D eigenvalue weighted by molar-refractivity contribution is 6.09. The van der Waals surface area contributed by atoms with Crippen LogP contribution >= 0.6 is 12.4 Å². The quantitative estimate of drug-likeness (QED) is 0.425. The first-order valence-corrected chi connectivity index (χ1v) is 8.68. The lowest BCUT2D eigenvalue weighted by molar-refractivity contribution is -0.134. The molecule has 0 aliphatic carbocycles. The largest absolute Gasteiger partial charge is 0.497 e. The normalized spacial score (nSPS) is 18.7. The molecule has 0 radical (unpaired) electrons. The van der Waals surface area contributed by atoms with Crippen LogP contribution in [0.5, 0.6) is 5.75 Å². The van der Waals surface area contributed by atoms with Crippen molar-refractivity contribution < 1.29 is 19.1 Å². The van der Waals surface area contributed by atoms with E-state index < -0.39 is 17.5 Å². The minimum Gasteiger partial charge on any atom is -0.497 e. The van der Waals surface area contributed by atoms with Gasteiger partial charge in [0.15, 0.2) is 0 Å². The first-order chi connectivity index (χ1) is 12.4. The molecule has 1 atom stereocenters. The van der Waals surface area contributed by atoms with Crippen molar-refractivity contribution in [2.24, 2.45) is 0 Å². The number of hydrogen-bond donors (Lipinski definition) is 3. The summed E-state index contributed by atoms with van der Waals surface area (Å²) in [6, 6.07) is 6.31. The van der Waals surface area contributed by atoms with Gasteiger partial charge in [0.1, 0.15) is 17.8 Å². The van der Waals surface area contributed by atoms with E-state index >= 15 is 0 Å². The standard InChI is InChI=1S/C18H26N4O4.ClH/c1-4-9-19-10-11-20-15(23)12-22-16(24)18(2,21-17(22)25)13-5-7-14(26-3)8-6-13;/h5-8,19H,4,9-12H2,1-3H3,(H,20,23)(H,21,25);1H. The van der Waals surface area contributed by atoms with Gasteiger partial charge in [-0.15, -0.1) is 12.4 Å². The topological polar surface area (TPSA) is 99.8 Å². The predicted molar refractivity (Wildman–Crippen MR) is 104 cm³/mol. The van der Waals surface area contributed by atoms with E-state index in [0.717, 1.165) is 17.9 Å². The van der Waals surface area contributed by atoms with Gasteiger partial charge >= 0.3 is 6.03 Å². The molecule has 0 saturated carbocycles. The molecule has 4 amide bonds. The van der Waals surface area contributed by atoms with Crippen LogP contribution in [0.15, 0.2) is 24.3 Å². The molecule has 1 aromatic rings. The number of benzene rings is 1. The molecule has 0 bridgehead atoms. The first-order valence-electron chi connectivity index (χ1n) is 8.68. The summed E-state index contributed by atoms with van der Waals surface area (Å²) < 4.78 is 5.11. The summed E-state index contributed by atoms with van der Waals surface area (Å²) in [4.78, 5) is 38.0. The highest BCUT2D eigenvalue weighted by Crippen LogP contribution is 2.29. The second-order valence-electron chi connectivity index (χ2n) is 6.27. The molecule has 1 aliphatic rings. The number of amides is 4. The van der Waals surface area contributed by atoms with Crippen LogP contribution in [-0.2, 0) is 15.1 Å². The van der Waals surface area contributed by atoms with Crippen molar-refractivity contribution in [3.8, 4) is 5.75 Å². The zero-order chi connectivity index (χ0) is 19.2. The minimum atomic E-state index is -1.20. The molecule has 3 N–H and O–H groups in total. The van der Waals surface area contributed by atoms with Gasteiger partial charge in [0.2, 0.25) is 5.91 Å². The summed E-state index contributed by atoms with van der Waals surface area (Å²) in [5.41, 5.74) is -0.574. The van der Waals surface area contributed by atoms with Crippen LogP contribution in [0.4, 0.5) is 4.79 Å². The molecule has 9 heteroatoms. The number of imide groups is 1. The average Bonchev–Trinajstić information content (AvgIpc) is 2.85. The predicted octanol–water partition coefficient (Wildman–Crippen LogP) is 1.000. The van der Waals surface area contributed by atoms with Crippen LogP contribution in [0.1, 0.15) is 25.8 Å². The number of nitrogens with zero attached hydrogens (tertiary/aromatic N) is 1. The summed E-state index contributed by atoms with van der Waals surface area (Å²) in [7, 11) is 1.55. The Kier molecular flexibility index (Phi) is 8.52. The van der Waals surface area contributed by atoms with Gasteiger partial charge in [-0.05, 0) is 37.6 Å². The summed E-state index contributed by atoms with van der Waals surface area (Å²) in [6.07, 6.45) is 1.01. The van der Waals surface area contributed by atoms with E-state index in [0.29, 0.717) is 24.4 Å². The molecule has 1 unspecified atom stereocenters. The molecule has 1 heterocycles. The molecule has 1 fully saturated rings. The lowest BCUT2D eigenvalue weighted by atomic mass is 9.92. The van der Waals surface area contributed by atoms with Crippen molar-refractivity contribution in [2.45, 2.75) is 25.8 Å². The van der Waals surface area contributed by atoms with Gasteiger partial charge in [-0.1, -0.05) is 19.1 Å². The first kappa shape index (κ1) is 22.7. The number of nitrogens with one attached hydrogen (secondary N) is 3. The molecule has 1 aliphatic heterocycles. The van der Waals surface area contributed by atoms with Crippen molar-refractivity contribution in [1.82, 2.24) is 20.9 Å². The van der Waals surface area contributed by atoms with E-state index in [1.165, 1.54) is 0 Å². The Hall–Kier alpha value is -2.32. The van der Waals surface area contributed by atoms with Gasteiger partial charge in [0.05, 0.1) is 7.11 Å². The maximum absolute atomic E-state index is 12.8. The number of methoxy groups -OCH3 is 1. The number of halogens is 1. The van der Waals surface area contributed by atoms with Crippen molar-refractivity contribution >= 4 is 30.3 Å². The third-order valence-corrected chi connectivity index (χ3v) is 4.29. The Balaban J connectivity index is 0.00000364. The summed E-state index contributed by atoms with van der Waals surface area (Å²) >= 11 is 0. The van der Waals surface area contributed by atoms with Gasteiger partial charge in [-0.2, -0.15) is 0 Å². The lowest BCUT2D eigenvalue weighted by Crippen LogP contribution is -2.44. The lowest BCUT2D eigenvalue weighted by Gasteiger charge is -2.22. The number of hydrogen-bond acceptors (Lipinski definition) is 5. The Labute approximate surface area is 165 Å². The van der Waals surface area contributed by atoms with Crippen molar-refractivity contribution in [3.63, 3.8) is 0 Å². The molecule has 0 aromatic heterocycles. The van der Waals surface area contributed by atoms with Gasteiger partial charge in [-0.3, -0.25) is 14.5 Å². The molecule has 0 spiro atoms. The zero-order valence-corrected chi connectivity index (χ0v) is 16.6. The highest BCUT2D eigenvalue weighted by atomic mass is 35.5. The molecule has 8 nitrogen and oxygen atoms in total. The number of rotatable bonds is 9. The molecular weight excluding hydrogens is 372 g/mol. The van der Waals surface area contributed by atoms with Crippen LogP contribution in [0.25, 0.3) is 0 Å². The zero-order valence-electron chi connectivity index (χ0n) is 15.8. The third kappa shape index (κ3) is 5.33. The number of ether oxygens (including phenoxy) is 1. The fraction of sp³-hybridized carbons (Fsp3) is 0.500. The van der Waals surface area contributed by atoms with Gasteiger partial charge < -0.3 is 20.7 Å². The smallest absolute Gasteiger partial charge is 0.325 e. The maximum atomic E-state index is 12.8. The van der Waals surface area contributed by atoms with E-state index in [1.54, 1.807) is 38.3 Å². The fourth-order valence-electron chi connectivity index (χ4n) is 2.75. The van der Waals surface area contributed by atoms with Crippen molar-refractivity contribution in [2.75, 3.05) is 33.3 Å². The van der Waals surface area contributed by atoms with Crippen LogP contribution in [0, 0.1) is 0 Å². The summed E-state index contributed by atoms with van der Waals surface area (Å²) in [5.74, 6) is -0.167. The van der Waals surface area contributed by atoms with Crippen LogP contribution in [-0.4, -0.2) is 56.0 Å². The number of carbonyl (C=O) groups excluding carboxylic acids is 3. The van der Waals surface area contributed by atoms with E-state index in [-0.39, 0.29) is 24.9 Å². The SMILES string of the molecule is CCCNCCNC(=O)CN1C(=O)NC(C)(c2ccc(OC)cc2)C1=O.Cl. The Morgan fingerprint density at radius 1 is 1.19 bits per heavy atom. The molecular formula is C18H27ClN4O4. The molecule has 1 saturated heterocycles. The Morgan fingerprint density at radius 3 is 2.44 bits per heavy atom. The third-order valence-electron chi connectivity index (χ3n) is 4.29. The van der Waals surface area contributed by atoms with Crippen LogP contribution in [0.2, 0.25) is 0 Å². The fourth-order valence-corrected chi connectivity index (χ4v) is 2.75. The number of carbonyl (C=O) groups is 3. The van der Waals surface area contributed by atoms with E-state index in [2.05, 4.69) is 22.9 Å². The molecule has 2 rings (SSSR count). The summed E-state index contributed by atoms with van der Waals surface area (Å²) in [6.45, 7) is 5.35. The number of urea groups is 1. The second-order valence-corrected chi connectivity index (χ2v) is 6.27. The molecule has 150 valence electrons. The van der Waals surface area contributed by atoms with Gasteiger partial charge in [0.25, 0.3) is 5.91 Å². The van der Waals surface area contributed by atoms with Gasteiger partial charge in [-0.25, -0.2) is 4.79 Å². The second kappa shape index (κ2) is 10.1.